The predicted octanol–water partition coefficient (Wildman–Crippen LogP) is 0.488. The fraction of sp³-hybridized carbons (Fsp3) is 0.667. The van der Waals surface area contributed by atoms with Crippen LogP contribution < -0.4 is 0 Å². The molecule has 0 radical (unpaired) electrons. The molecule has 1 aliphatic heterocycles. The lowest BCUT2D eigenvalue weighted by Gasteiger charge is -2.33. The van der Waals surface area contributed by atoms with Crippen molar-refractivity contribution >= 4 is 11.8 Å². The summed E-state index contributed by atoms with van der Waals surface area (Å²) >= 11 is 1.74. The highest BCUT2D eigenvalue weighted by atomic mass is 32.2. The highest BCUT2D eigenvalue weighted by molar-refractivity contribution is 8.00. The van der Waals surface area contributed by atoms with Crippen LogP contribution in [-0.2, 0) is 0 Å². The van der Waals surface area contributed by atoms with Gasteiger partial charge in [-0.25, -0.2) is 0 Å². The molecular weight excluding hydrogens is 120 g/mol. The number of hydrogen-bond acceptors (Lipinski definition) is 2. The molecule has 1 N–H and O–H groups in total. The van der Waals surface area contributed by atoms with Crippen molar-refractivity contribution in [2.45, 2.75) is 12.0 Å². The second-order valence-electron chi connectivity index (χ2n) is 2.10. The first-order chi connectivity index (χ1) is 3.77. The van der Waals surface area contributed by atoms with E-state index in [1.807, 2.05) is 0 Å². The first-order valence-corrected chi connectivity index (χ1v) is 3.66. The predicted molar refractivity (Wildman–Crippen MR) is 35.7 cm³/mol. The van der Waals surface area contributed by atoms with E-state index in [1.165, 1.54) is 0 Å². The molecule has 44 valence electrons. The Labute approximate surface area is 53.5 Å². The monoisotopic (exact) mass is 128 g/mol. The molecule has 1 heterocycles. The summed E-state index contributed by atoms with van der Waals surface area (Å²) in [4.78, 5) is 0. The molecular formula is C6H8OS. The molecule has 0 atom stereocenters. The average molecular weight is 128 g/mol. The third kappa shape index (κ3) is 0.988. The third-order valence-electron chi connectivity index (χ3n) is 1.17. The number of terminal acetylenes is 1. The summed E-state index contributed by atoms with van der Waals surface area (Å²) in [5.74, 6) is 4.08. The van der Waals surface area contributed by atoms with Gasteiger partial charge in [0.25, 0.3) is 0 Å². The van der Waals surface area contributed by atoms with Crippen LogP contribution >= 0.6 is 11.8 Å². The van der Waals surface area contributed by atoms with Crippen molar-refractivity contribution < 1.29 is 5.11 Å². The fourth-order valence-corrected chi connectivity index (χ4v) is 1.51. The van der Waals surface area contributed by atoms with E-state index in [4.69, 9.17) is 6.42 Å². The zero-order chi connectivity index (χ0) is 6.04. The molecule has 1 nitrogen and oxygen atoms in total. The van der Waals surface area contributed by atoms with Crippen LogP contribution in [0.5, 0.6) is 0 Å². The van der Waals surface area contributed by atoms with E-state index in [1.54, 1.807) is 11.8 Å². The first-order valence-electron chi connectivity index (χ1n) is 2.50. The summed E-state index contributed by atoms with van der Waals surface area (Å²) in [6.07, 6.45) is 5.52. The summed E-state index contributed by atoms with van der Waals surface area (Å²) in [7, 11) is 0. The molecule has 0 spiro atoms. The molecule has 0 saturated carbocycles. The van der Waals surface area contributed by atoms with Crippen molar-refractivity contribution in [3.05, 3.63) is 0 Å². The Morgan fingerprint density at radius 2 is 2.38 bits per heavy atom. The minimum absolute atomic E-state index is 0.501. The van der Waals surface area contributed by atoms with E-state index in [9.17, 15) is 5.11 Å². The summed E-state index contributed by atoms with van der Waals surface area (Å²) in [5.41, 5.74) is -0.501. The molecule has 2 heteroatoms. The summed E-state index contributed by atoms with van der Waals surface area (Å²) in [6, 6.07) is 0. The van der Waals surface area contributed by atoms with E-state index in [2.05, 4.69) is 5.92 Å². The number of thioether (sulfide) groups is 1. The van der Waals surface area contributed by atoms with E-state index in [0.717, 1.165) is 11.5 Å². The second-order valence-corrected chi connectivity index (χ2v) is 3.08. The SMILES string of the molecule is C#CCC1(O)CSC1. The molecule has 0 aromatic rings. The normalized spacial score (nSPS) is 23.5. The molecule has 1 saturated heterocycles. The molecule has 0 aliphatic carbocycles. The van der Waals surface area contributed by atoms with Gasteiger partial charge in [-0.15, -0.1) is 12.3 Å². The average Bonchev–Trinajstić information content (AvgIpc) is 1.64. The van der Waals surface area contributed by atoms with E-state index >= 15 is 0 Å². The minimum Gasteiger partial charge on any atom is -0.387 e. The van der Waals surface area contributed by atoms with Gasteiger partial charge in [-0.2, -0.15) is 11.8 Å². The Balaban J connectivity index is 2.33. The van der Waals surface area contributed by atoms with Crippen LogP contribution in [0.1, 0.15) is 6.42 Å². The highest BCUT2D eigenvalue weighted by Gasteiger charge is 2.33. The van der Waals surface area contributed by atoms with E-state index in [-0.39, 0.29) is 0 Å². The van der Waals surface area contributed by atoms with Gasteiger partial charge in [-0.1, -0.05) is 0 Å². The first kappa shape index (κ1) is 6.00. The van der Waals surface area contributed by atoms with Crippen LogP contribution in [0, 0.1) is 12.3 Å². The number of rotatable bonds is 1. The fourth-order valence-electron chi connectivity index (χ4n) is 0.630. The number of hydrogen-bond donors (Lipinski definition) is 1. The standard InChI is InChI=1S/C6H8OS/c1-2-3-6(7)4-8-5-6/h1,7H,3-5H2. The lowest BCUT2D eigenvalue weighted by Crippen LogP contribution is -2.42. The Hall–Kier alpha value is -0.130. The van der Waals surface area contributed by atoms with Crippen LogP contribution in [0.3, 0.4) is 0 Å². The van der Waals surface area contributed by atoms with Crippen molar-refractivity contribution in [2.75, 3.05) is 11.5 Å². The minimum atomic E-state index is -0.501. The van der Waals surface area contributed by atoms with Gasteiger partial charge in [0.1, 0.15) is 0 Å². The molecule has 1 fully saturated rings. The van der Waals surface area contributed by atoms with Gasteiger partial charge >= 0.3 is 0 Å². The highest BCUT2D eigenvalue weighted by Crippen LogP contribution is 2.31. The molecule has 1 aliphatic rings. The Morgan fingerprint density at radius 3 is 2.50 bits per heavy atom. The molecule has 1 rings (SSSR count). The maximum atomic E-state index is 9.25. The zero-order valence-electron chi connectivity index (χ0n) is 4.55. The van der Waals surface area contributed by atoms with Crippen molar-refractivity contribution in [1.82, 2.24) is 0 Å². The van der Waals surface area contributed by atoms with Crippen molar-refractivity contribution in [1.29, 1.82) is 0 Å². The Bertz CT molecular complexity index is 121. The van der Waals surface area contributed by atoms with Gasteiger partial charge in [-0.3, -0.25) is 0 Å². The summed E-state index contributed by atoms with van der Waals surface area (Å²) < 4.78 is 0. The lowest BCUT2D eigenvalue weighted by atomic mass is 10.1. The van der Waals surface area contributed by atoms with Crippen LogP contribution in [0.2, 0.25) is 0 Å². The molecule has 0 aromatic carbocycles. The molecule has 0 amide bonds. The van der Waals surface area contributed by atoms with Crippen LogP contribution in [0.25, 0.3) is 0 Å². The van der Waals surface area contributed by atoms with Gasteiger partial charge in [0.05, 0.1) is 5.60 Å². The van der Waals surface area contributed by atoms with Crippen molar-refractivity contribution in [3.8, 4) is 12.3 Å². The van der Waals surface area contributed by atoms with E-state index in [0.29, 0.717) is 6.42 Å². The lowest BCUT2D eigenvalue weighted by molar-refractivity contribution is 0.0846. The van der Waals surface area contributed by atoms with Crippen molar-refractivity contribution in [3.63, 3.8) is 0 Å². The molecule has 0 bridgehead atoms. The van der Waals surface area contributed by atoms with Gasteiger partial charge in [0.15, 0.2) is 0 Å². The molecule has 8 heavy (non-hydrogen) atoms. The summed E-state index contributed by atoms with van der Waals surface area (Å²) in [6.45, 7) is 0. The smallest absolute Gasteiger partial charge is 0.0936 e. The number of aliphatic hydroxyl groups is 1. The maximum absolute atomic E-state index is 9.25. The zero-order valence-corrected chi connectivity index (χ0v) is 5.37. The second kappa shape index (κ2) is 2.00. The van der Waals surface area contributed by atoms with Crippen molar-refractivity contribution in [2.24, 2.45) is 0 Å². The third-order valence-corrected chi connectivity index (χ3v) is 2.66. The van der Waals surface area contributed by atoms with Gasteiger partial charge < -0.3 is 5.11 Å². The van der Waals surface area contributed by atoms with Crippen LogP contribution in [0.4, 0.5) is 0 Å². The Morgan fingerprint density at radius 1 is 1.75 bits per heavy atom. The van der Waals surface area contributed by atoms with E-state index < -0.39 is 5.60 Å². The topological polar surface area (TPSA) is 20.2 Å². The maximum Gasteiger partial charge on any atom is 0.0936 e. The largest absolute Gasteiger partial charge is 0.387 e. The summed E-state index contributed by atoms with van der Waals surface area (Å²) in [5, 5.41) is 9.25. The van der Waals surface area contributed by atoms with Gasteiger partial charge in [0.2, 0.25) is 0 Å². The van der Waals surface area contributed by atoms with Crippen LogP contribution in [0.15, 0.2) is 0 Å². The van der Waals surface area contributed by atoms with Gasteiger partial charge in [-0.05, 0) is 0 Å². The molecule has 0 aromatic heterocycles. The van der Waals surface area contributed by atoms with Crippen LogP contribution in [-0.4, -0.2) is 22.2 Å². The van der Waals surface area contributed by atoms with Gasteiger partial charge in [0, 0.05) is 17.9 Å². The quantitative estimate of drug-likeness (QED) is 0.518. The Kier molecular flexibility index (Phi) is 1.50. The molecule has 0 unspecified atom stereocenters.